The van der Waals surface area contributed by atoms with Crippen LogP contribution in [-0.4, -0.2) is 17.0 Å². The number of carbonyl (C=O) groups excluding carboxylic acids is 1. The molecule has 0 spiro atoms. The Labute approximate surface area is 105 Å². The maximum absolute atomic E-state index is 10.5. The number of rotatable bonds is 4. The summed E-state index contributed by atoms with van der Waals surface area (Å²) >= 11 is 1.82. The van der Waals surface area contributed by atoms with Gasteiger partial charge in [0.1, 0.15) is 0 Å². The molecule has 0 bridgehead atoms. The van der Waals surface area contributed by atoms with E-state index in [-0.39, 0.29) is 0 Å². The zero-order valence-electron chi connectivity index (χ0n) is 9.59. The number of hydrogen-bond acceptors (Lipinski definition) is 3. The van der Waals surface area contributed by atoms with Crippen molar-refractivity contribution in [3.8, 4) is 11.3 Å². The van der Waals surface area contributed by atoms with Crippen molar-refractivity contribution in [2.75, 3.05) is 5.75 Å². The van der Waals surface area contributed by atoms with Crippen LogP contribution in [0.25, 0.3) is 11.3 Å². The highest BCUT2D eigenvalue weighted by Gasteiger charge is 1.99. The van der Waals surface area contributed by atoms with E-state index in [1.807, 2.05) is 17.8 Å². The molecule has 86 valence electrons. The Morgan fingerprint density at radius 1 is 1.18 bits per heavy atom. The number of hydrogen-bond donors (Lipinski definition) is 0. The van der Waals surface area contributed by atoms with E-state index in [4.69, 9.17) is 0 Å². The predicted molar refractivity (Wildman–Crippen MR) is 71.5 cm³/mol. The molecule has 17 heavy (non-hydrogen) atoms. The van der Waals surface area contributed by atoms with E-state index in [2.05, 4.69) is 36.2 Å². The molecule has 0 fully saturated rings. The molecule has 0 unspecified atom stereocenters. The van der Waals surface area contributed by atoms with Gasteiger partial charge in [0.25, 0.3) is 0 Å². The Balaban J connectivity index is 2.23. The van der Waals surface area contributed by atoms with Gasteiger partial charge >= 0.3 is 0 Å². The summed E-state index contributed by atoms with van der Waals surface area (Å²) in [5.41, 5.74) is 2.57. The van der Waals surface area contributed by atoms with Crippen molar-refractivity contribution >= 4 is 18.0 Å². The Morgan fingerprint density at radius 3 is 2.47 bits per heavy atom. The fourth-order valence-electron chi connectivity index (χ4n) is 1.53. The molecule has 0 aliphatic carbocycles. The van der Waals surface area contributed by atoms with E-state index in [0.717, 1.165) is 23.3 Å². The summed E-state index contributed by atoms with van der Waals surface area (Å²) in [5, 5.41) is 0. The molecule has 1 aromatic heterocycles. The van der Waals surface area contributed by atoms with Crippen molar-refractivity contribution in [1.82, 2.24) is 4.98 Å². The average molecular weight is 243 g/mol. The second kappa shape index (κ2) is 5.64. The van der Waals surface area contributed by atoms with Crippen molar-refractivity contribution in [3.05, 3.63) is 48.2 Å². The predicted octanol–water partition coefficient (Wildman–Crippen LogP) is 3.67. The van der Waals surface area contributed by atoms with Crippen molar-refractivity contribution in [2.45, 2.75) is 11.8 Å². The summed E-state index contributed by atoms with van der Waals surface area (Å²) in [4.78, 5) is 16.1. The van der Waals surface area contributed by atoms with Crippen LogP contribution in [0, 0.1) is 0 Å². The average Bonchev–Trinajstić information content (AvgIpc) is 2.40. The van der Waals surface area contributed by atoms with Gasteiger partial charge in [0, 0.05) is 22.2 Å². The van der Waals surface area contributed by atoms with Crippen molar-refractivity contribution in [2.24, 2.45) is 0 Å². The zero-order chi connectivity index (χ0) is 12.1. The number of aromatic nitrogens is 1. The Kier molecular flexibility index (Phi) is 3.94. The molecule has 0 N–H and O–H groups in total. The number of thioether (sulfide) groups is 1. The lowest BCUT2D eigenvalue weighted by Crippen LogP contribution is -1.86. The maximum Gasteiger partial charge on any atom is 0.151 e. The lowest BCUT2D eigenvalue weighted by Gasteiger charge is -2.02. The molecule has 2 rings (SSSR count). The monoisotopic (exact) mass is 243 g/mol. The van der Waals surface area contributed by atoms with Gasteiger partial charge < -0.3 is 0 Å². The first-order valence-electron chi connectivity index (χ1n) is 5.48. The Morgan fingerprint density at radius 2 is 1.94 bits per heavy atom. The van der Waals surface area contributed by atoms with Crippen LogP contribution < -0.4 is 0 Å². The largest absolute Gasteiger partial charge is 0.298 e. The van der Waals surface area contributed by atoms with Crippen LogP contribution in [0.2, 0.25) is 0 Å². The first-order chi connectivity index (χ1) is 8.33. The van der Waals surface area contributed by atoms with Gasteiger partial charge in [-0.2, -0.15) is 0 Å². The molecule has 3 heteroatoms. The number of benzene rings is 1. The van der Waals surface area contributed by atoms with Crippen molar-refractivity contribution < 1.29 is 4.79 Å². The van der Waals surface area contributed by atoms with Gasteiger partial charge in [-0.3, -0.25) is 9.78 Å². The van der Waals surface area contributed by atoms with Crippen LogP contribution in [0.15, 0.2) is 47.5 Å². The van der Waals surface area contributed by atoms with E-state index in [0.29, 0.717) is 5.56 Å². The summed E-state index contributed by atoms with van der Waals surface area (Å²) in [6, 6.07) is 12.0. The molecule has 1 aromatic carbocycles. The van der Waals surface area contributed by atoms with Gasteiger partial charge in [0.05, 0.1) is 5.69 Å². The molecule has 0 aliphatic rings. The smallest absolute Gasteiger partial charge is 0.151 e. The van der Waals surface area contributed by atoms with Crippen molar-refractivity contribution in [1.29, 1.82) is 0 Å². The SMILES string of the molecule is CCSc1ccc(-c2ccc(C=O)cn2)cc1. The molecular formula is C14H13NOS. The van der Waals surface area contributed by atoms with Gasteiger partial charge in [-0.15, -0.1) is 11.8 Å². The van der Waals surface area contributed by atoms with E-state index < -0.39 is 0 Å². The first-order valence-corrected chi connectivity index (χ1v) is 6.46. The van der Waals surface area contributed by atoms with E-state index in [1.165, 1.54) is 4.90 Å². The van der Waals surface area contributed by atoms with Crippen molar-refractivity contribution in [3.63, 3.8) is 0 Å². The highest BCUT2D eigenvalue weighted by atomic mass is 32.2. The molecule has 2 nitrogen and oxygen atoms in total. The van der Waals surface area contributed by atoms with Crippen LogP contribution in [0.4, 0.5) is 0 Å². The summed E-state index contributed by atoms with van der Waals surface area (Å²) in [7, 11) is 0. The maximum atomic E-state index is 10.5. The second-order valence-electron chi connectivity index (χ2n) is 3.55. The third-order valence-electron chi connectivity index (χ3n) is 2.38. The van der Waals surface area contributed by atoms with Crippen LogP contribution in [0.1, 0.15) is 17.3 Å². The molecule has 0 radical (unpaired) electrons. The normalized spacial score (nSPS) is 10.2. The lowest BCUT2D eigenvalue weighted by molar-refractivity contribution is 0.112. The standard InChI is InChI=1S/C14H13NOS/c1-2-17-13-6-4-12(5-7-13)14-8-3-11(10-16)9-15-14/h3-10H,2H2,1H3. The fourth-order valence-corrected chi connectivity index (χ4v) is 2.20. The van der Waals surface area contributed by atoms with Gasteiger partial charge in [-0.1, -0.05) is 19.1 Å². The summed E-state index contributed by atoms with van der Waals surface area (Å²) < 4.78 is 0. The molecule has 0 atom stereocenters. The fraction of sp³-hybridized carbons (Fsp3) is 0.143. The number of aldehydes is 1. The number of nitrogens with zero attached hydrogens (tertiary/aromatic N) is 1. The molecule has 0 saturated heterocycles. The summed E-state index contributed by atoms with van der Waals surface area (Å²) in [6.45, 7) is 2.14. The molecule has 1 heterocycles. The molecule has 2 aromatic rings. The minimum Gasteiger partial charge on any atom is -0.298 e. The lowest BCUT2D eigenvalue weighted by atomic mass is 10.1. The molecule has 0 aliphatic heterocycles. The van der Waals surface area contributed by atoms with E-state index in [9.17, 15) is 4.79 Å². The molecule has 0 amide bonds. The highest BCUT2D eigenvalue weighted by Crippen LogP contribution is 2.22. The minimum atomic E-state index is 0.604. The number of pyridine rings is 1. The second-order valence-corrected chi connectivity index (χ2v) is 4.89. The highest BCUT2D eigenvalue weighted by molar-refractivity contribution is 7.99. The van der Waals surface area contributed by atoms with E-state index in [1.54, 1.807) is 12.3 Å². The third kappa shape index (κ3) is 2.94. The minimum absolute atomic E-state index is 0.604. The summed E-state index contributed by atoms with van der Waals surface area (Å²) in [5.74, 6) is 1.08. The molecular weight excluding hydrogens is 230 g/mol. The van der Waals surface area contributed by atoms with Gasteiger partial charge in [-0.25, -0.2) is 0 Å². The van der Waals surface area contributed by atoms with Gasteiger partial charge in [-0.05, 0) is 30.0 Å². The third-order valence-corrected chi connectivity index (χ3v) is 3.28. The van der Waals surface area contributed by atoms with Crippen LogP contribution in [0.5, 0.6) is 0 Å². The number of carbonyl (C=O) groups is 1. The van der Waals surface area contributed by atoms with E-state index >= 15 is 0 Å². The quantitative estimate of drug-likeness (QED) is 0.606. The topological polar surface area (TPSA) is 30.0 Å². The zero-order valence-corrected chi connectivity index (χ0v) is 10.4. The Bertz CT molecular complexity index is 491. The van der Waals surface area contributed by atoms with Gasteiger partial charge in [0.2, 0.25) is 0 Å². The van der Waals surface area contributed by atoms with Gasteiger partial charge in [0.15, 0.2) is 6.29 Å². The van der Waals surface area contributed by atoms with Crippen LogP contribution in [0.3, 0.4) is 0 Å². The van der Waals surface area contributed by atoms with Crippen LogP contribution >= 0.6 is 11.8 Å². The van der Waals surface area contributed by atoms with Crippen LogP contribution in [-0.2, 0) is 0 Å². The Hall–Kier alpha value is -1.61. The first kappa shape index (κ1) is 11.9. The molecule has 0 saturated carbocycles. The summed E-state index contributed by atoms with van der Waals surface area (Å²) in [6.07, 6.45) is 2.40.